The van der Waals surface area contributed by atoms with Gasteiger partial charge in [-0.2, -0.15) is 15.1 Å². The third-order valence-electron chi connectivity index (χ3n) is 2.83. The van der Waals surface area contributed by atoms with Gasteiger partial charge in [0.1, 0.15) is 0 Å². The Hall–Kier alpha value is -2.57. The van der Waals surface area contributed by atoms with Gasteiger partial charge in [-0.1, -0.05) is 6.08 Å². The number of amides is 1. The second-order valence-corrected chi connectivity index (χ2v) is 4.03. The maximum atomic E-state index is 11.9. The van der Waals surface area contributed by atoms with Crippen LogP contribution in [0.1, 0.15) is 17.2 Å². The lowest BCUT2D eigenvalue weighted by Gasteiger charge is -2.10. The highest BCUT2D eigenvalue weighted by Gasteiger charge is 2.22. The van der Waals surface area contributed by atoms with Gasteiger partial charge in [-0.15, -0.1) is 0 Å². The highest BCUT2D eigenvalue weighted by atomic mass is 16.1. The molecule has 1 atom stereocenters. The van der Waals surface area contributed by atoms with Gasteiger partial charge in [0.25, 0.3) is 5.91 Å². The average Bonchev–Trinajstić information content (AvgIpc) is 2.81. The number of aryl methyl sites for hydroxylation is 1. The number of carbonyl (C=O) groups excluding carboxylic acids is 1. The highest BCUT2D eigenvalue weighted by Crippen LogP contribution is 2.18. The number of nitrogens with two attached hydrogens (primary N) is 1. The highest BCUT2D eigenvalue weighted by molar-refractivity contribution is 5.91. The Labute approximate surface area is 101 Å². The number of aromatic nitrogens is 4. The predicted octanol–water partition coefficient (Wildman–Crippen LogP) is -1.19. The fourth-order valence-corrected chi connectivity index (χ4v) is 1.95. The van der Waals surface area contributed by atoms with Gasteiger partial charge in [-0.05, 0) is 6.92 Å². The molecule has 3 N–H and O–H groups in total. The second kappa shape index (κ2) is 3.73. The van der Waals surface area contributed by atoms with E-state index in [-0.39, 0.29) is 11.9 Å². The summed E-state index contributed by atoms with van der Waals surface area (Å²) < 4.78 is 0. The van der Waals surface area contributed by atoms with Gasteiger partial charge >= 0.3 is 0 Å². The van der Waals surface area contributed by atoms with E-state index in [1.807, 2.05) is 6.92 Å². The summed E-state index contributed by atoms with van der Waals surface area (Å²) in [5.41, 5.74) is 7.35. The van der Waals surface area contributed by atoms with Crippen molar-refractivity contribution in [3.63, 3.8) is 0 Å². The smallest absolute Gasteiger partial charge is 0.259 e. The minimum Gasteiger partial charge on any atom is -0.368 e. The molecule has 0 saturated carbocycles. The Morgan fingerprint density at radius 1 is 1.39 bits per heavy atom. The van der Waals surface area contributed by atoms with E-state index in [1.54, 1.807) is 18.5 Å². The Morgan fingerprint density at radius 2 is 2.22 bits per heavy atom. The minimum atomic E-state index is -0.442. The van der Waals surface area contributed by atoms with E-state index in [0.717, 1.165) is 10.8 Å². The van der Waals surface area contributed by atoms with Crippen LogP contribution in [0.25, 0.3) is 6.08 Å². The van der Waals surface area contributed by atoms with E-state index < -0.39 is 5.92 Å². The van der Waals surface area contributed by atoms with Crippen LogP contribution in [0.2, 0.25) is 0 Å². The molecule has 1 aliphatic rings. The van der Waals surface area contributed by atoms with Crippen molar-refractivity contribution in [3.05, 3.63) is 34.4 Å². The number of fused-ring (bicyclic) bond motifs is 1. The monoisotopic (exact) mass is 242 g/mol. The lowest BCUT2D eigenvalue weighted by molar-refractivity contribution is -0.118. The number of rotatable bonds is 1. The lowest BCUT2D eigenvalue weighted by atomic mass is 9.99. The van der Waals surface area contributed by atoms with Crippen molar-refractivity contribution in [2.75, 3.05) is 5.73 Å². The van der Waals surface area contributed by atoms with Crippen LogP contribution in [-0.2, 0) is 4.79 Å². The number of nitrogen functional groups attached to an aromatic ring is 1. The largest absolute Gasteiger partial charge is 0.368 e. The van der Waals surface area contributed by atoms with E-state index in [0.29, 0.717) is 11.2 Å². The summed E-state index contributed by atoms with van der Waals surface area (Å²) >= 11 is 0. The van der Waals surface area contributed by atoms with Crippen molar-refractivity contribution in [1.29, 1.82) is 0 Å². The van der Waals surface area contributed by atoms with Crippen molar-refractivity contribution in [1.82, 2.24) is 20.2 Å². The van der Waals surface area contributed by atoms with E-state index in [1.165, 1.54) is 0 Å². The molecule has 2 aromatic heterocycles. The molecular formula is C11H10N6O. The van der Waals surface area contributed by atoms with Gasteiger partial charge in [0.05, 0.1) is 17.8 Å². The molecule has 1 aliphatic heterocycles. The van der Waals surface area contributed by atoms with E-state index in [2.05, 4.69) is 25.2 Å². The Balaban J connectivity index is 2.25. The first-order chi connectivity index (χ1) is 8.65. The zero-order valence-electron chi connectivity index (χ0n) is 9.58. The van der Waals surface area contributed by atoms with Crippen molar-refractivity contribution >= 4 is 17.9 Å². The number of aromatic amines is 1. The van der Waals surface area contributed by atoms with Crippen LogP contribution >= 0.6 is 0 Å². The third kappa shape index (κ3) is 1.56. The van der Waals surface area contributed by atoms with Crippen molar-refractivity contribution in [2.45, 2.75) is 12.8 Å². The molecule has 1 unspecified atom stereocenters. The van der Waals surface area contributed by atoms with Gasteiger partial charge < -0.3 is 5.73 Å². The third-order valence-corrected chi connectivity index (χ3v) is 2.83. The van der Waals surface area contributed by atoms with Gasteiger partial charge in [0, 0.05) is 17.0 Å². The summed E-state index contributed by atoms with van der Waals surface area (Å²) in [6, 6.07) is 0. The van der Waals surface area contributed by atoms with Crippen LogP contribution in [0.3, 0.4) is 0 Å². The topological polar surface area (TPSA) is 110 Å². The molecule has 3 rings (SSSR count). The Kier molecular flexibility index (Phi) is 2.19. The fraction of sp³-hybridized carbons (Fsp3) is 0.182. The second-order valence-electron chi connectivity index (χ2n) is 4.03. The molecule has 3 heterocycles. The van der Waals surface area contributed by atoms with Gasteiger partial charge in [-0.25, -0.2) is 4.98 Å². The van der Waals surface area contributed by atoms with Crippen molar-refractivity contribution in [3.8, 4) is 0 Å². The number of anilines is 1. The summed E-state index contributed by atoms with van der Waals surface area (Å²) in [6.45, 7) is 1.81. The van der Waals surface area contributed by atoms with Crippen LogP contribution in [0.4, 0.5) is 5.95 Å². The van der Waals surface area contributed by atoms with Crippen LogP contribution < -0.4 is 16.4 Å². The number of H-pyrrole nitrogens is 1. The maximum absolute atomic E-state index is 11.9. The number of nitrogens with one attached hydrogen (secondary N) is 1. The normalized spacial score (nSPS) is 17.8. The Morgan fingerprint density at radius 3 is 2.94 bits per heavy atom. The molecule has 0 bridgehead atoms. The number of nitrogens with zero attached hydrogens (tertiary/aromatic N) is 4. The SMILES string of the molecule is Cc1nc(N)nc2c1=CC(c1cn[nH]c1)C(=O)N=2. The lowest BCUT2D eigenvalue weighted by Crippen LogP contribution is -2.38. The molecule has 0 aromatic carbocycles. The number of carbonyl (C=O) groups is 1. The molecule has 2 aromatic rings. The van der Waals surface area contributed by atoms with E-state index in [4.69, 9.17) is 5.73 Å². The van der Waals surface area contributed by atoms with Gasteiger partial charge in [0.2, 0.25) is 5.95 Å². The zero-order valence-corrected chi connectivity index (χ0v) is 9.58. The summed E-state index contributed by atoms with van der Waals surface area (Å²) in [4.78, 5) is 23.9. The summed E-state index contributed by atoms with van der Waals surface area (Å²) in [6.07, 6.45) is 5.07. The summed E-state index contributed by atoms with van der Waals surface area (Å²) in [5, 5.41) is 7.26. The molecule has 0 fully saturated rings. The fourth-order valence-electron chi connectivity index (χ4n) is 1.95. The number of hydrogen-bond acceptors (Lipinski definition) is 5. The van der Waals surface area contributed by atoms with Crippen molar-refractivity contribution in [2.24, 2.45) is 4.99 Å². The van der Waals surface area contributed by atoms with Gasteiger partial charge in [-0.3, -0.25) is 9.89 Å². The van der Waals surface area contributed by atoms with Crippen LogP contribution in [0.15, 0.2) is 17.4 Å². The molecule has 0 aliphatic carbocycles. The first kappa shape index (κ1) is 10.6. The molecule has 0 saturated heterocycles. The van der Waals surface area contributed by atoms with Crippen LogP contribution in [0.5, 0.6) is 0 Å². The first-order valence-electron chi connectivity index (χ1n) is 5.38. The van der Waals surface area contributed by atoms with Crippen molar-refractivity contribution < 1.29 is 4.79 Å². The average molecular weight is 242 g/mol. The predicted molar refractivity (Wildman–Crippen MR) is 62.8 cm³/mol. The van der Waals surface area contributed by atoms with E-state index >= 15 is 0 Å². The quantitative estimate of drug-likeness (QED) is 0.653. The molecular weight excluding hydrogens is 232 g/mol. The zero-order chi connectivity index (χ0) is 12.7. The molecule has 7 nitrogen and oxygen atoms in total. The maximum Gasteiger partial charge on any atom is 0.259 e. The molecule has 90 valence electrons. The molecule has 18 heavy (non-hydrogen) atoms. The molecule has 0 radical (unpaired) electrons. The standard InChI is InChI=1S/C11H10N6O/c1-5-7-2-8(6-3-13-14-4-6)10(18)16-9(7)17-11(12)15-5/h2-4,8H,1H3,(H,13,14)(H2,12,16,17,18). The van der Waals surface area contributed by atoms with Crippen LogP contribution in [-0.4, -0.2) is 26.1 Å². The van der Waals surface area contributed by atoms with Gasteiger partial charge in [0.15, 0.2) is 5.49 Å². The Bertz CT molecular complexity index is 734. The molecule has 7 heteroatoms. The van der Waals surface area contributed by atoms with Crippen LogP contribution in [0, 0.1) is 6.92 Å². The van der Waals surface area contributed by atoms with E-state index in [9.17, 15) is 4.79 Å². The first-order valence-corrected chi connectivity index (χ1v) is 5.38. The minimum absolute atomic E-state index is 0.123. The molecule has 0 spiro atoms. The summed E-state index contributed by atoms with van der Waals surface area (Å²) in [7, 11) is 0. The summed E-state index contributed by atoms with van der Waals surface area (Å²) in [5.74, 6) is -0.596. The number of hydrogen-bond donors (Lipinski definition) is 2. The molecule has 1 amide bonds.